The number of carbonyl (C=O) groups is 1. The number of pyridine rings is 1. The summed E-state index contributed by atoms with van der Waals surface area (Å²) in [6.45, 7) is 3.19. The predicted molar refractivity (Wildman–Crippen MR) is 111 cm³/mol. The van der Waals surface area contributed by atoms with E-state index in [1.807, 2.05) is 32.0 Å². The number of benzene rings is 2. The molecule has 0 spiro atoms. The van der Waals surface area contributed by atoms with Crippen molar-refractivity contribution < 1.29 is 4.79 Å². The van der Waals surface area contributed by atoms with Gasteiger partial charge in [-0.05, 0) is 56.9 Å². The first kappa shape index (κ1) is 19.1. The van der Waals surface area contributed by atoms with E-state index in [1.165, 1.54) is 0 Å². The molecule has 2 aromatic carbocycles. The third kappa shape index (κ3) is 4.04. The highest BCUT2D eigenvalue weighted by molar-refractivity contribution is 6.32. The van der Waals surface area contributed by atoms with E-state index in [0.717, 1.165) is 17.5 Å². The summed E-state index contributed by atoms with van der Waals surface area (Å²) in [6.07, 6.45) is 1.77. The van der Waals surface area contributed by atoms with Gasteiger partial charge in [0.05, 0.1) is 0 Å². The van der Waals surface area contributed by atoms with Gasteiger partial charge in [-0.25, -0.2) is 0 Å². The van der Waals surface area contributed by atoms with Crippen molar-refractivity contribution in [3.63, 3.8) is 0 Å². The fraction of sp³-hybridized carbons (Fsp3) is 0.238. The van der Waals surface area contributed by atoms with Crippen LogP contribution in [0.25, 0.3) is 10.8 Å². The number of halogens is 1. The molecule has 140 valence electrons. The molecule has 0 radical (unpaired) electrons. The van der Waals surface area contributed by atoms with Crippen LogP contribution < -0.4 is 10.9 Å². The number of nitrogens with zero attached hydrogens (tertiary/aromatic N) is 2. The molecule has 1 heterocycles. The summed E-state index contributed by atoms with van der Waals surface area (Å²) in [6, 6.07) is 12.5. The number of likely N-dealkylation sites (N-methyl/N-ethyl adjacent to an activating group) is 1. The summed E-state index contributed by atoms with van der Waals surface area (Å²) in [5, 5.41) is 4.76. The number of fused-ring (bicyclic) bond motifs is 1. The zero-order valence-electron chi connectivity index (χ0n) is 15.6. The highest BCUT2D eigenvalue weighted by Crippen LogP contribution is 2.24. The minimum Gasteiger partial charge on any atom is -0.321 e. The quantitative estimate of drug-likeness (QED) is 0.729. The lowest BCUT2D eigenvalue weighted by Crippen LogP contribution is -2.26. The maximum Gasteiger partial charge on any atom is 0.258 e. The number of anilines is 1. The zero-order chi connectivity index (χ0) is 19.6. The second kappa shape index (κ2) is 7.94. The molecule has 1 aromatic heterocycles. The molecule has 1 amide bonds. The Labute approximate surface area is 163 Å². The van der Waals surface area contributed by atoms with Crippen LogP contribution in [0, 0.1) is 6.92 Å². The van der Waals surface area contributed by atoms with Crippen molar-refractivity contribution in [3.8, 4) is 0 Å². The highest BCUT2D eigenvalue weighted by atomic mass is 35.5. The molecule has 1 N–H and O–H groups in total. The minimum atomic E-state index is -0.251. The lowest BCUT2D eigenvalue weighted by molar-refractivity contribution is 0.102. The molecule has 3 aromatic rings. The molecule has 0 aliphatic carbocycles. The van der Waals surface area contributed by atoms with Crippen molar-refractivity contribution in [1.29, 1.82) is 0 Å². The van der Waals surface area contributed by atoms with Gasteiger partial charge < -0.3 is 14.8 Å². The van der Waals surface area contributed by atoms with Crippen LogP contribution in [0.15, 0.2) is 53.5 Å². The molecule has 5 nitrogen and oxygen atoms in total. The molecule has 0 saturated carbocycles. The predicted octanol–water partition coefficient (Wildman–Crippen LogP) is 3.78. The molecule has 0 fully saturated rings. The average Bonchev–Trinajstić information content (AvgIpc) is 2.63. The lowest BCUT2D eigenvalue weighted by Gasteiger charge is -2.14. The Morgan fingerprint density at radius 3 is 2.59 bits per heavy atom. The zero-order valence-corrected chi connectivity index (χ0v) is 16.4. The summed E-state index contributed by atoms with van der Waals surface area (Å²) >= 11 is 6.12. The number of hydrogen-bond acceptors (Lipinski definition) is 3. The number of rotatable bonds is 5. The molecular formula is C21H22ClN3O2. The van der Waals surface area contributed by atoms with Gasteiger partial charge in [-0.1, -0.05) is 23.7 Å². The minimum absolute atomic E-state index is 0.0654. The van der Waals surface area contributed by atoms with Crippen LogP contribution in [-0.4, -0.2) is 36.0 Å². The van der Waals surface area contributed by atoms with E-state index in [1.54, 1.807) is 47.2 Å². The number of aromatic nitrogens is 1. The lowest BCUT2D eigenvalue weighted by atomic mass is 10.1. The molecule has 0 aliphatic rings. The first-order valence-corrected chi connectivity index (χ1v) is 9.09. The Morgan fingerprint density at radius 1 is 1.11 bits per heavy atom. The van der Waals surface area contributed by atoms with E-state index in [9.17, 15) is 9.59 Å². The van der Waals surface area contributed by atoms with Gasteiger partial charge in [-0.2, -0.15) is 0 Å². The van der Waals surface area contributed by atoms with Gasteiger partial charge in [0.25, 0.3) is 11.5 Å². The van der Waals surface area contributed by atoms with E-state index < -0.39 is 0 Å². The molecule has 0 unspecified atom stereocenters. The second-order valence-electron chi connectivity index (χ2n) is 6.75. The maximum absolute atomic E-state index is 12.8. The van der Waals surface area contributed by atoms with Gasteiger partial charge in [0, 0.05) is 46.3 Å². The topological polar surface area (TPSA) is 54.3 Å². The van der Waals surface area contributed by atoms with Crippen LogP contribution in [0.1, 0.15) is 15.9 Å². The van der Waals surface area contributed by atoms with Crippen LogP contribution in [0.4, 0.5) is 5.69 Å². The van der Waals surface area contributed by atoms with Crippen molar-refractivity contribution in [2.75, 3.05) is 26.0 Å². The molecule has 0 bridgehead atoms. The molecule has 3 rings (SSSR count). The van der Waals surface area contributed by atoms with Gasteiger partial charge in [0.1, 0.15) is 0 Å². The van der Waals surface area contributed by atoms with Crippen LogP contribution in [0.2, 0.25) is 5.02 Å². The summed E-state index contributed by atoms with van der Waals surface area (Å²) in [4.78, 5) is 27.5. The molecule has 27 heavy (non-hydrogen) atoms. The van der Waals surface area contributed by atoms with E-state index >= 15 is 0 Å². The van der Waals surface area contributed by atoms with Gasteiger partial charge >= 0.3 is 0 Å². The molecule has 0 saturated heterocycles. The van der Waals surface area contributed by atoms with Crippen molar-refractivity contribution in [3.05, 3.63) is 75.2 Å². The Hall–Kier alpha value is -2.63. The highest BCUT2D eigenvalue weighted by Gasteiger charge is 2.13. The Bertz CT molecular complexity index is 1060. The molecule has 6 heteroatoms. The van der Waals surface area contributed by atoms with E-state index in [-0.39, 0.29) is 11.5 Å². The van der Waals surface area contributed by atoms with Crippen LogP contribution in [0.5, 0.6) is 0 Å². The SMILES string of the molecule is Cc1c(Cl)cccc1C(=O)Nc1cccc2c(=O)n(CCN(C)C)ccc12. The number of carbonyl (C=O) groups excluding carboxylic acids is 1. The van der Waals surface area contributed by atoms with E-state index in [2.05, 4.69) is 5.32 Å². The van der Waals surface area contributed by atoms with E-state index in [0.29, 0.717) is 28.2 Å². The number of hydrogen-bond donors (Lipinski definition) is 1. The monoisotopic (exact) mass is 383 g/mol. The maximum atomic E-state index is 12.8. The number of amides is 1. The smallest absolute Gasteiger partial charge is 0.258 e. The Kier molecular flexibility index (Phi) is 5.63. The Balaban J connectivity index is 1.96. The molecule has 0 aliphatic heterocycles. The molecule has 0 atom stereocenters. The normalized spacial score (nSPS) is 11.1. The fourth-order valence-corrected chi connectivity index (χ4v) is 3.13. The summed E-state index contributed by atoms with van der Waals surface area (Å²) in [5.41, 5.74) is 1.78. The largest absolute Gasteiger partial charge is 0.321 e. The second-order valence-corrected chi connectivity index (χ2v) is 7.16. The van der Waals surface area contributed by atoms with Crippen LogP contribution in [-0.2, 0) is 6.54 Å². The van der Waals surface area contributed by atoms with Gasteiger partial charge in [-0.3, -0.25) is 9.59 Å². The van der Waals surface area contributed by atoms with Crippen molar-refractivity contribution in [2.24, 2.45) is 0 Å². The van der Waals surface area contributed by atoms with Crippen LogP contribution in [0.3, 0.4) is 0 Å². The third-order valence-electron chi connectivity index (χ3n) is 4.57. The summed E-state index contributed by atoms with van der Waals surface area (Å²) in [5.74, 6) is -0.251. The van der Waals surface area contributed by atoms with E-state index in [4.69, 9.17) is 11.6 Å². The first-order valence-electron chi connectivity index (χ1n) is 8.72. The number of nitrogens with one attached hydrogen (secondary N) is 1. The summed E-state index contributed by atoms with van der Waals surface area (Å²) in [7, 11) is 3.94. The van der Waals surface area contributed by atoms with Crippen molar-refractivity contribution >= 4 is 34.0 Å². The molecular weight excluding hydrogens is 362 g/mol. The first-order chi connectivity index (χ1) is 12.9. The Morgan fingerprint density at radius 2 is 1.85 bits per heavy atom. The average molecular weight is 384 g/mol. The third-order valence-corrected chi connectivity index (χ3v) is 4.98. The van der Waals surface area contributed by atoms with Gasteiger partial charge in [0.2, 0.25) is 0 Å². The van der Waals surface area contributed by atoms with Gasteiger partial charge in [-0.15, -0.1) is 0 Å². The van der Waals surface area contributed by atoms with Crippen molar-refractivity contribution in [1.82, 2.24) is 9.47 Å². The summed E-state index contributed by atoms with van der Waals surface area (Å²) < 4.78 is 1.69. The van der Waals surface area contributed by atoms with Gasteiger partial charge in [0.15, 0.2) is 0 Å². The van der Waals surface area contributed by atoms with Crippen molar-refractivity contribution in [2.45, 2.75) is 13.5 Å². The van der Waals surface area contributed by atoms with Crippen LogP contribution >= 0.6 is 11.6 Å². The fourth-order valence-electron chi connectivity index (χ4n) is 2.95. The standard InChI is InChI=1S/C21H22ClN3O2/c1-14-15(6-4-8-18(14)22)20(26)23-19-9-5-7-17-16(19)10-11-25(21(17)27)13-12-24(2)3/h4-11H,12-13H2,1-3H3,(H,23,26).